The van der Waals surface area contributed by atoms with Gasteiger partial charge < -0.3 is 10.0 Å². The Bertz CT molecular complexity index is 821. The SMILES string of the molecule is Cc1cc(C(CC2CCN(C)CC2)c2cc(C)c(N=O)c(C)c2)cc(C)c1O. The first-order chi connectivity index (χ1) is 13.3. The lowest BCUT2D eigenvalue weighted by atomic mass is 9.78. The molecule has 1 saturated heterocycles. The van der Waals surface area contributed by atoms with Crippen molar-refractivity contribution in [1.82, 2.24) is 4.90 Å². The average Bonchev–Trinajstić information content (AvgIpc) is 2.65. The molecule has 0 spiro atoms. The monoisotopic (exact) mass is 380 g/mol. The van der Waals surface area contributed by atoms with Crippen molar-refractivity contribution >= 4 is 5.69 Å². The predicted molar refractivity (Wildman–Crippen MR) is 116 cm³/mol. The summed E-state index contributed by atoms with van der Waals surface area (Å²) in [7, 11) is 2.19. The van der Waals surface area contributed by atoms with E-state index in [-0.39, 0.29) is 5.92 Å². The van der Waals surface area contributed by atoms with Crippen LogP contribution in [0.2, 0.25) is 0 Å². The Morgan fingerprint density at radius 3 is 1.89 bits per heavy atom. The van der Waals surface area contributed by atoms with Gasteiger partial charge in [-0.3, -0.25) is 0 Å². The van der Waals surface area contributed by atoms with Crippen molar-refractivity contribution in [2.24, 2.45) is 11.1 Å². The molecule has 28 heavy (non-hydrogen) atoms. The van der Waals surface area contributed by atoms with Crippen LogP contribution in [0, 0.1) is 38.5 Å². The van der Waals surface area contributed by atoms with Crippen LogP contribution in [0.5, 0.6) is 5.75 Å². The zero-order chi connectivity index (χ0) is 20.4. The zero-order valence-electron chi connectivity index (χ0n) is 17.7. The normalized spacial score (nSPS) is 16.9. The lowest BCUT2D eigenvalue weighted by molar-refractivity contribution is 0.208. The van der Waals surface area contributed by atoms with Gasteiger partial charge in [0.2, 0.25) is 0 Å². The molecule has 4 nitrogen and oxygen atoms in total. The highest BCUT2D eigenvalue weighted by atomic mass is 16.3. The Labute approximate surface area is 168 Å². The molecule has 1 aliphatic heterocycles. The molecular weight excluding hydrogens is 348 g/mol. The molecule has 1 aliphatic rings. The molecule has 1 fully saturated rings. The van der Waals surface area contributed by atoms with Gasteiger partial charge >= 0.3 is 0 Å². The summed E-state index contributed by atoms with van der Waals surface area (Å²) >= 11 is 0. The van der Waals surface area contributed by atoms with Crippen LogP contribution in [0.25, 0.3) is 0 Å². The number of aryl methyl sites for hydroxylation is 4. The van der Waals surface area contributed by atoms with Crippen LogP contribution >= 0.6 is 0 Å². The summed E-state index contributed by atoms with van der Waals surface area (Å²) in [6.45, 7) is 10.2. The number of phenolic OH excluding ortho intramolecular Hbond substituents is 1. The summed E-state index contributed by atoms with van der Waals surface area (Å²) in [5, 5.41) is 13.5. The van der Waals surface area contributed by atoms with E-state index in [1.807, 2.05) is 27.7 Å². The minimum Gasteiger partial charge on any atom is -0.507 e. The Kier molecular flexibility index (Phi) is 6.19. The molecule has 1 unspecified atom stereocenters. The van der Waals surface area contributed by atoms with Gasteiger partial charge in [-0.25, -0.2) is 0 Å². The van der Waals surface area contributed by atoms with Crippen LogP contribution in [-0.4, -0.2) is 30.1 Å². The summed E-state index contributed by atoms with van der Waals surface area (Å²) in [5.41, 5.74) is 6.75. The number of nitroso groups, excluding NO2 is 1. The fraction of sp³-hybridized carbons (Fsp3) is 0.500. The number of benzene rings is 2. The highest BCUT2D eigenvalue weighted by Crippen LogP contribution is 2.39. The molecule has 0 saturated carbocycles. The molecule has 1 heterocycles. The van der Waals surface area contributed by atoms with Crippen molar-refractivity contribution in [2.75, 3.05) is 20.1 Å². The quantitative estimate of drug-likeness (QED) is 0.658. The van der Waals surface area contributed by atoms with Gasteiger partial charge in [-0.1, -0.05) is 24.3 Å². The Morgan fingerprint density at radius 1 is 0.964 bits per heavy atom. The number of piperidine rings is 1. The van der Waals surface area contributed by atoms with E-state index in [0.717, 1.165) is 41.8 Å². The summed E-state index contributed by atoms with van der Waals surface area (Å²) in [5.74, 6) is 1.32. The third kappa shape index (κ3) is 4.27. The second kappa shape index (κ2) is 8.44. The van der Waals surface area contributed by atoms with E-state index in [1.165, 1.54) is 24.0 Å². The maximum atomic E-state index is 11.2. The van der Waals surface area contributed by atoms with E-state index in [1.54, 1.807) is 0 Å². The van der Waals surface area contributed by atoms with E-state index < -0.39 is 0 Å². The largest absolute Gasteiger partial charge is 0.507 e. The van der Waals surface area contributed by atoms with E-state index in [4.69, 9.17) is 0 Å². The number of nitrogens with zero attached hydrogens (tertiary/aromatic N) is 2. The van der Waals surface area contributed by atoms with Crippen LogP contribution in [0.15, 0.2) is 29.4 Å². The predicted octanol–water partition coefficient (Wildman–Crippen LogP) is 5.89. The van der Waals surface area contributed by atoms with Gasteiger partial charge in [0.15, 0.2) is 0 Å². The number of likely N-dealkylation sites (tertiary alicyclic amines) is 1. The Balaban J connectivity index is 2.03. The Hall–Kier alpha value is -2.20. The first kappa shape index (κ1) is 20.5. The van der Waals surface area contributed by atoms with Gasteiger partial charge in [0, 0.05) is 5.92 Å². The maximum absolute atomic E-state index is 11.2. The third-order valence-corrected chi connectivity index (χ3v) is 6.33. The molecule has 2 aromatic rings. The number of hydrogen-bond donors (Lipinski definition) is 1. The molecular formula is C24H32N2O2. The molecule has 0 radical (unpaired) electrons. The molecule has 0 amide bonds. The van der Waals surface area contributed by atoms with Crippen molar-refractivity contribution in [1.29, 1.82) is 0 Å². The van der Waals surface area contributed by atoms with Crippen LogP contribution in [0.3, 0.4) is 0 Å². The number of phenols is 1. The van der Waals surface area contributed by atoms with Gasteiger partial charge in [0.05, 0.1) is 0 Å². The molecule has 1 N–H and O–H groups in total. The van der Waals surface area contributed by atoms with Gasteiger partial charge in [-0.05, 0) is 112 Å². The molecule has 0 aromatic heterocycles. The van der Waals surface area contributed by atoms with Gasteiger partial charge in [-0.2, -0.15) is 0 Å². The highest BCUT2D eigenvalue weighted by Gasteiger charge is 2.25. The topological polar surface area (TPSA) is 52.9 Å². The van der Waals surface area contributed by atoms with E-state index in [9.17, 15) is 10.0 Å². The van der Waals surface area contributed by atoms with Crippen molar-refractivity contribution in [3.63, 3.8) is 0 Å². The fourth-order valence-electron chi connectivity index (χ4n) is 4.62. The number of rotatable bonds is 5. The van der Waals surface area contributed by atoms with Crippen molar-refractivity contribution < 1.29 is 5.11 Å². The van der Waals surface area contributed by atoms with Gasteiger partial charge in [0.25, 0.3) is 0 Å². The van der Waals surface area contributed by atoms with Crippen LogP contribution in [0.4, 0.5) is 5.69 Å². The standard InChI is InChI=1S/C24H32N2O2/c1-15-10-20(11-16(2)23(15)25-28)22(14-19-6-8-26(5)9-7-19)21-12-17(3)24(27)18(4)13-21/h10-13,19,22,27H,6-9,14H2,1-5H3. The number of aromatic hydroxyl groups is 1. The summed E-state index contributed by atoms with van der Waals surface area (Å²) in [4.78, 5) is 13.6. The summed E-state index contributed by atoms with van der Waals surface area (Å²) in [6, 6.07) is 8.50. The average molecular weight is 381 g/mol. The molecule has 150 valence electrons. The maximum Gasteiger partial charge on any atom is 0.121 e. The molecule has 4 heteroatoms. The summed E-state index contributed by atoms with van der Waals surface area (Å²) < 4.78 is 0. The summed E-state index contributed by atoms with van der Waals surface area (Å²) in [6.07, 6.45) is 3.52. The molecule has 1 atom stereocenters. The second-order valence-corrected chi connectivity index (χ2v) is 8.63. The lowest BCUT2D eigenvalue weighted by Gasteiger charge is -2.32. The highest BCUT2D eigenvalue weighted by molar-refractivity contribution is 5.55. The van der Waals surface area contributed by atoms with E-state index in [2.05, 4.69) is 41.4 Å². The van der Waals surface area contributed by atoms with E-state index in [0.29, 0.717) is 17.4 Å². The first-order valence-electron chi connectivity index (χ1n) is 10.2. The minimum absolute atomic E-state index is 0.254. The van der Waals surface area contributed by atoms with Crippen molar-refractivity contribution in [3.05, 3.63) is 62.6 Å². The second-order valence-electron chi connectivity index (χ2n) is 8.63. The van der Waals surface area contributed by atoms with Crippen molar-refractivity contribution in [3.8, 4) is 5.75 Å². The zero-order valence-corrected chi connectivity index (χ0v) is 17.7. The number of hydrogen-bond acceptors (Lipinski definition) is 4. The molecule has 0 aliphatic carbocycles. The Morgan fingerprint density at radius 2 is 1.43 bits per heavy atom. The lowest BCUT2D eigenvalue weighted by Crippen LogP contribution is -2.31. The third-order valence-electron chi connectivity index (χ3n) is 6.33. The van der Waals surface area contributed by atoms with Crippen molar-refractivity contribution in [2.45, 2.75) is 52.9 Å². The van der Waals surface area contributed by atoms with Gasteiger partial charge in [0.1, 0.15) is 11.4 Å². The first-order valence-corrected chi connectivity index (χ1v) is 10.2. The minimum atomic E-state index is 0.254. The van der Waals surface area contributed by atoms with Crippen LogP contribution in [-0.2, 0) is 0 Å². The van der Waals surface area contributed by atoms with Crippen LogP contribution < -0.4 is 0 Å². The molecule has 3 rings (SSSR count). The smallest absolute Gasteiger partial charge is 0.121 e. The van der Waals surface area contributed by atoms with Crippen LogP contribution in [0.1, 0.15) is 58.6 Å². The fourth-order valence-corrected chi connectivity index (χ4v) is 4.62. The molecule has 2 aromatic carbocycles. The van der Waals surface area contributed by atoms with E-state index >= 15 is 0 Å². The molecule has 0 bridgehead atoms. The van der Waals surface area contributed by atoms with Gasteiger partial charge in [-0.15, -0.1) is 4.91 Å².